The average molecular weight is 292 g/mol. The van der Waals surface area contributed by atoms with Gasteiger partial charge in [-0.15, -0.1) is 0 Å². The molecule has 0 aromatic heterocycles. The van der Waals surface area contributed by atoms with Gasteiger partial charge in [0, 0.05) is 25.7 Å². The van der Waals surface area contributed by atoms with E-state index in [-0.39, 0.29) is 0 Å². The van der Waals surface area contributed by atoms with Crippen LogP contribution in [0.5, 0.6) is 0 Å². The second-order valence-corrected chi connectivity index (χ2v) is 8.05. The summed E-state index contributed by atoms with van der Waals surface area (Å²) < 4.78 is 0. The second kappa shape index (κ2) is 5.24. The van der Waals surface area contributed by atoms with Gasteiger partial charge in [0.15, 0.2) is 0 Å². The highest BCUT2D eigenvalue weighted by molar-refractivity contribution is 5.80. The Morgan fingerprint density at radius 3 is 1.95 bits per heavy atom. The normalized spacial score (nSPS) is 28.6. The fourth-order valence-corrected chi connectivity index (χ4v) is 3.65. The number of nitrogens with one attached hydrogen (secondary N) is 1. The molecule has 1 atom stereocenters. The maximum atomic E-state index is 12.1. The lowest BCUT2D eigenvalue weighted by Crippen LogP contribution is -2.61. The van der Waals surface area contributed by atoms with Gasteiger partial charge in [-0.2, -0.15) is 0 Å². The zero-order valence-electron chi connectivity index (χ0n) is 12.9. The Labute approximate surface area is 127 Å². The van der Waals surface area contributed by atoms with Gasteiger partial charge < -0.3 is 10.0 Å². The molecule has 0 aliphatic heterocycles. The van der Waals surface area contributed by atoms with E-state index in [2.05, 4.69) is 10.2 Å². The predicted octanol–water partition coefficient (Wildman–Crippen LogP) is 2.09. The Kier molecular flexibility index (Phi) is 3.49. The summed E-state index contributed by atoms with van der Waals surface area (Å²) in [5.41, 5.74) is -0.662. The Balaban J connectivity index is 1.47. The van der Waals surface area contributed by atoms with Crippen LogP contribution in [0, 0.1) is 17.8 Å². The summed E-state index contributed by atoms with van der Waals surface area (Å²) in [5, 5.41) is 13.5. The largest absolute Gasteiger partial charge is 0.480 e. The summed E-state index contributed by atoms with van der Waals surface area (Å²) in [4.78, 5) is 14.6. The van der Waals surface area contributed by atoms with Crippen LogP contribution in [0.1, 0.15) is 51.4 Å². The minimum Gasteiger partial charge on any atom is -0.480 e. The second-order valence-electron chi connectivity index (χ2n) is 8.05. The molecule has 4 fully saturated rings. The van der Waals surface area contributed by atoms with Crippen molar-refractivity contribution in [1.82, 2.24) is 10.2 Å². The lowest BCUT2D eigenvalue weighted by molar-refractivity contribution is -0.147. The van der Waals surface area contributed by atoms with Crippen molar-refractivity contribution in [3.8, 4) is 0 Å². The number of aliphatic carboxylic acids is 1. The topological polar surface area (TPSA) is 52.6 Å². The van der Waals surface area contributed by atoms with Crippen LogP contribution in [-0.4, -0.2) is 47.2 Å². The van der Waals surface area contributed by atoms with Crippen LogP contribution < -0.4 is 5.32 Å². The summed E-state index contributed by atoms with van der Waals surface area (Å²) in [6, 6.07) is 0.463. The lowest BCUT2D eigenvalue weighted by atomic mass is 9.91. The van der Waals surface area contributed by atoms with Gasteiger partial charge in [0.1, 0.15) is 5.54 Å². The van der Waals surface area contributed by atoms with E-state index in [0.29, 0.717) is 12.0 Å². The molecule has 4 heteroatoms. The van der Waals surface area contributed by atoms with Gasteiger partial charge in [-0.1, -0.05) is 0 Å². The molecule has 0 aromatic rings. The highest BCUT2D eigenvalue weighted by Crippen LogP contribution is 2.43. The van der Waals surface area contributed by atoms with Crippen LogP contribution in [0.25, 0.3) is 0 Å². The van der Waals surface area contributed by atoms with E-state index in [4.69, 9.17) is 0 Å². The zero-order chi connectivity index (χ0) is 14.4. The first-order chi connectivity index (χ1) is 10.2. The Hall–Kier alpha value is -0.610. The van der Waals surface area contributed by atoms with Gasteiger partial charge in [-0.25, -0.2) is 0 Å². The van der Waals surface area contributed by atoms with E-state index in [1.165, 1.54) is 25.7 Å². The molecule has 118 valence electrons. The molecule has 4 saturated carbocycles. The molecule has 0 radical (unpaired) electrons. The van der Waals surface area contributed by atoms with Crippen LogP contribution >= 0.6 is 0 Å². The molecule has 4 aliphatic rings. The summed E-state index contributed by atoms with van der Waals surface area (Å²) in [6.07, 6.45) is 9.89. The van der Waals surface area contributed by atoms with E-state index < -0.39 is 11.5 Å². The van der Waals surface area contributed by atoms with Gasteiger partial charge in [0.25, 0.3) is 0 Å². The Morgan fingerprint density at radius 2 is 1.57 bits per heavy atom. The molecule has 0 spiro atoms. The predicted molar refractivity (Wildman–Crippen MR) is 81.1 cm³/mol. The fraction of sp³-hybridized carbons (Fsp3) is 0.941. The number of hydrogen-bond acceptors (Lipinski definition) is 3. The van der Waals surface area contributed by atoms with Gasteiger partial charge in [0.05, 0.1) is 0 Å². The number of rotatable bonds is 10. The van der Waals surface area contributed by atoms with E-state index in [1.807, 2.05) is 0 Å². The first-order valence-electron chi connectivity index (χ1n) is 8.89. The summed E-state index contributed by atoms with van der Waals surface area (Å²) in [7, 11) is 0. The van der Waals surface area contributed by atoms with Crippen molar-refractivity contribution in [3.05, 3.63) is 0 Å². The van der Waals surface area contributed by atoms with Crippen LogP contribution in [0.3, 0.4) is 0 Å². The van der Waals surface area contributed by atoms with Crippen molar-refractivity contribution in [1.29, 1.82) is 0 Å². The molecular weight excluding hydrogens is 264 g/mol. The monoisotopic (exact) mass is 292 g/mol. The maximum absolute atomic E-state index is 12.1. The highest BCUT2D eigenvalue weighted by atomic mass is 16.4. The quantitative estimate of drug-likeness (QED) is 0.647. The maximum Gasteiger partial charge on any atom is 0.325 e. The summed E-state index contributed by atoms with van der Waals surface area (Å²) in [6.45, 7) is 2.99. The van der Waals surface area contributed by atoms with Crippen molar-refractivity contribution in [3.63, 3.8) is 0 Å². The van der Waals surface area contributed by atoms with Crippen molar-refractivity contribution in [2.24, 2.45) is 17.8 Å². The number of carbonyl (C=O) groups is 1. The summed E-state index contributed by atoms with van der Waals surface area (Å²) >= 11 is 0. The molecular formula is C17H28N2O2. The van der Waals surface area contributed by atoms with Crippen molar-refractivity contribution in [2.45, 2.75) is 62.9 Å². The molecule has 4 aliphatic carbocycles. The zero-order valence-corrected chi connectivity index (χ0v) is 12.9. The average Bonchev–Trinajstić information content (AvgIpc) is 3.25. The third-order valence-electron chi connectivity index (χ3n) is 5.59. The van der Waals surface area contributed by atoms with Gasteiger partial charge >= 0.3 is 5.97 Å². The molecule has 4 rings (SSSR count). The van der Waals surface area contributed by atoms with E-state index in [0.717, 1.165) is 57.2 Å². The van der Waals surface area contributed by atoms with Crippen LogP contribution in [-0.2, 0) is 4.79 Å². The third kappa shape index (κ3) is 3.42. The van der Waals surface area contributed by atoms with Gasteiger partial charge in [-0.05, 0) is 69.1 Å². The SMILES string of the molecule is O=C(O)C(CN(CC1CC1)CC1CC1)(NC1CC1)C1CC1. The van der Waals surface area contributed by atoms with E-state index >= 15 is 0 Å². The standard InChI is InChI=1S/C17H28N2O2/c20-16(21)17(14-5-6-14,18-15-7-8-15)11-19(9-12-1-2-12)10-13-3-4-13/h12-15,18H,1-11H2,(H,20,21). The molecule has 0 bridgehead atoms. The minimum absolute atomic E-state index is 0.358. The summed E-state index contributed by atoms with van der Waals surface area (Å²) in [5.74, 6) is 1.44. The highest BCUT2D eigenvalue weighted by Gasteiger charge is 2.54. The first kappa shape index (κ1) is 14.0. The number of carboxylic acid groups (broad SMARTS) is 1. The Morgan fingerprint density at radius 1 is 1.00 bits per heavy atom. The molecule has 2 N–H and O–H groups in total. The van der Waals surface area contributed by atoms with E-state index in [9.17, 15) is 9.90 Å². The number of nitrogens with zero attached hydrogens (tertiary/aromatic N) is 1. The smallest absolute Gasteiger partial charge is 0.325 e. The van der Waals surface area contributed by atoms with Gasteiger partial charge in [-0.3, -0.25) is 10.1 Å². The minimum atomic E-state index is -0.662. The fourth-order valence-electron chi connectivity index (χ4n) is 3.65. The molecule has 0 aromatic carbocycles. The number of hydrogen-bond donors (Lipinski definition) is 2. The van der Waals surface area contributed by atoms with Crippen molar-refractivity contribution in [2.75, 3.05) is 19.6 Å². The van der Waals surface area contributed by atoms with Gasteiger partial charge in [0.2, 0.25) is 0 Å². The Bertz CT molecular complexity index is 397. The molecule has 0 amide bonds. The van der Waals surface area contributed by atoms with Crippen molar-refractivity contribution < 1.29 is 9.90 Å². The molecule has 4 nitrogen and oxygen atoms in total. The molecule has 1 unspecified atom stereocenters. The lowest BCUT2D eigenvalue weighted by Gasteiger charge is -2.37. The molecule has 21 heavy (non-hydrogen) atoms. The number of carboxylic acids is 1. The van der Waals surface area contributed by atoms with Crippen LogP contribution in [0.4, 0.5) is 0 Å². The molecule has 0 saturated heterocycles. The van der Waals surface area contributed by atoms with Crippen LogP contribution in [0.2, 0.25) is 0 Å². The third-order valence-corrected chi connectivity index (χ3v) is 5.59. The van der Waals surface area contributed by atoms with Crippen LogP contribution in [0.15, 0.2) is 0 Å². The first-order valence-corrected chi connectivity index (χ1v) is 8.89. The van der Waals surface area contributed by atoms with Crippen molar-refractivity contribution >= 4 is 5.97 Å². The molecule has 0 heterocycles. The van der Waals surface area contributed by atoms with E-state index in [1.54, 1.807) is 0 Å².